The van der Waals surface area contributed by atoms with Crippen LogP contribution in [0.2, 0.25) is 4.34 Å². The summed E-state index contributed by atoms with van der Waals surface area (Å²) in [5.74, 6) is -1.27. The number of amides is 3. The molecule has 1 aromatic carbocycles. The number of carbonyl (C=O) groups is 3. The molecule has 4 rings (SSSR count). The number of nitrogens with two attached hydrogens (primary N) is 1. The van der Waals surface area contributed by atoms with E-state index in [0.29, 0.717) is 46.6 Å². The second-order valence-corrected chi connectivity index (χ2v) is 9.45. The first-order valence-electron chi connectivity index (χ1n) is 10.5. The normalized spacial score (nSPS) is 16.3. The van der Waals surface area contributed by atoms with Gasteiger partial charge in [0.15, 0.2) is 0 Å². The van der Waals surface area contributed by atoms with Gasteiger partial charge in [0.1, 0.15) is 18.2 Å². The summed E-state index contributed by atoms with van der Waals surface area (Å²) >= 11 is 7.05. The van der Waals surface area contributed by atoms with Crippen LogP contribution in [-0.2, 0) is 20.9 Å². The Morgan fingerprint density at radius 3 is 2.79 bits per heavy atom. The molecule has 0 saturated carbocycles. The second kappa shape index (κ2) is 9.72. The fraction of sp³-hybridized carbons (Fsp3) is 0.318. The molecule has 172 valence electrons. The molecule has 3 aromatic rings. The zero-order chi connectivity index (χ0) is 23.5. The topological polar surface area (TPSA) is 122 Å². The lowest BCUT2D eigenvalue weighted by atomic mass is 10.0. The second-order valence-electron chi connectivity index (χ2n) is 7.73. The van der Waals surface area contributed by atoms with Crippen LogP contribution in [-0.4, -0.2) is 56.6 Å². The predicted octanol–water partition coefficient (Wildman–Crippen LogP) is 2.91. The highest BCUT2D eigenvalue weighted by atomic mass is 35.5. The molecule has 3 amide bonds. The summed E-state index contributed by atoms with van der Waals surface area (Å²) in [6, 6.07) is 8.20. The van der Waals surface area contributed by atoms with Crippen LogP contribution < -0.4 is 11.1 Å². The number of benzene rings is 1. The first-order valence-corrected chi connectivity index (χ1v) is 11.7. The molecule has 3 N–H and O–H groups in total. The van der Waals surface area contributed by atoms with E-state index in [1.165, 1.54) is 22.6 Å². The molecule has 11 heteroatoms. The number of nitrogen functional groups attached to an aromatic ring is 1. The minimum absolute atomic E-state index is 0.175. The lowest BCUT2D eigenvalue weighted by Crippen LogP contribution is -2.60. The molecule has 0 unspecified atom stereocenters. The smallest absolute Gasteiger partial charge is 0.314 e. The number of thiophene rings is 1. The Bertz CT molecular complexity index is 1220. The Balaban J connectivity index is 1.48. The number of halogens is 1. The van der Waals surface area contributed by atoms with E-state index in [4.69, 9.17) is 17.3 Å². The number of nitrogens with zero attached hydrogens (tertiary/aromatic N) is 4. The van der Waals surface area contributed by atoms with Crippen molar-refractivity contribution in [3.63, 3.8) is 0 Å². The minimum Gasteiger partial charge on any atom is -0.383 e. The van der Waals surface area contributed by atoms with E-state index in [9.17, 15) is 14.4 Å². The van der Waals surface area contributed by atoms with E-state index >= 15 is 0 Å². The maximum atomic E-state index is 13.3. The molecule has 2 aromatic heterocycles. The molecule has 0 spiro atoms. The predicted molar refractivity (Wildman–Crippen MR) is 128 cm³/mol. The van der Waals surface area contributed by atoms with Gasteiger partial charge >= 0.3 is 11.8 Å². The monoisotopic (exact) mass is 486 g/mol. The molecule has 1 aliphatic heterocycles. The molecule has 3 heterocycles. The highest BCUT2D eigenvalue weighted by molar-refractivity contribution is 7.20. The Hall–Kier alpha value is -3.24. The highest BCUT2D eigenvalue weighted by Crippen LogP contribution is 2.26. The maximum absolute atomic E-state index is 13.3. The van der Waals surface area contributed by atoms with Gasteiger partial charge in [-0.25, -0.2) is 9.97 Å². The third kappa shape index (κ3) is 4.91. The zero-order valence-electron chi connectivity index (χ0n) is 18.0. The van der Waals surface area contributed by atoms with Crippen LogP contribution in [0.15, 0.2) is 36.7 Å². The van der Waals surface area contributed by atoms with Crippen LogP contribution in [0.4, 0.5) is 10.8 Å². The van der Waals surface area contributed by atoms with Crippen molar-refractivity contribution in [2.45, 2.75) is 32.4 Å². The molecule has 1 aliphatic rings. The third-order valence-electron chi connectivity index (χ3n) is 5.52. The van der Waals surface area contributed by atoms with Crippen LogP contribution in [0.3, 0.4) is 0 Å². The number of hydrogen-bond donors (Lipinski definition) is 2. The molecule has 0 bridgehead atoms. The molecule has 9 nitrogen and oxygen atoms in total. The summed E-state index contributed by atoms with van der Waals surface area (Å²) in [6.45, 7) is 2.92. The first-order chi connectivity index (χ1) is 15.9. The fourth-order valence-corrected chi connectivity index (χ4v) is 4.85. The first kappa shape index (κ1) is 22.9. The molecular weight excluding hydrogens is 464 g/mol. The summed E-state index contributed by atoms with van der Waals surface area (Å²) in [5.41, 5.74) is 7.49. The van der Waals surface area contributed by atoms with Crippen molar-refractivity contribution in [2.75, 3.05) is 24.1 Å². The van der Waals surface area contributed by atoms with Gasteiger partial charge in [-0.05, 0) is 36.2 Å². The molecule has 1 saturated heterocycles. The van der Waals surface area contributed by atoms with Gasteiger partial charge in [0.25, 0.3) is 0 Å². The van der Waals surface area contributed by atoms with Crippen LogP contribution in [0.1, 0.15) is 25.3 Å². The molecule has 1 atom stereocenters. The quantitative estimate of drug-likeness (QED) is 0.535. The summed E-state index contributed by atoms with van der Waals surface area (Å²) in [7, 11) is 0. The van der Waals surface area contributed by atoms with Crippen molar-refractivity contribution in [2.24, 2.45) is 0 Å². The van der Waals surface area contributed by atoms with E-state index in [2.05, 4.69) is 15.3 Å². The molecule has 0 radical (unpaired) electrons. The Kier molecular flexibility index (Phi) is 6.75. The lowest BCUT2D eigenvalue weighted by Gasteiger charge is -2.40. The number of fused-ring (bicyclic) bond motifs is 1. The number of nitrogens with one attached hydrogen (secondary N) is 1. The van der Waals surface area contributed by atoms with Crippen LogP contribution in [0.5, 0.6) is 0 Å². The summed E-state index contributed by atoms with van der Waals surface area (Å²) in [6.07, 6.45) is 2.58. The number of rotatable bonds is 5. The fourth-order valence-electron chi connectivity index (χ4n) is 3.91. The van der Waals surface area contributed by atoms with Crippen molar-refractivity contribution in [3.05, 3.63) is 46.6 Å². The number of anilines is 2. The van der Waals surface area contributed by atoms with Gasteiger partial charge in [0, 0.05) is 25.0 Å². The van der Waals surface area contributed by atoms with Gasteiger partial charge in [-0.1, -0.05) is 31.0 Å². The largest absolute Gasteiger partial charge is 0.383 e. The maximum Gasteiger partial charge on any atom is 0.314 e. The molecule has 0 aliphatic carbocycles. The van der Waals surface area contributed by atoms with Crippen LogP contribution in [0, 0.1) is 0 Å². The van der Waals surface area contributed by atoms with Crippen molar-refractivity contribution in [3.8, 4) is 0 Å². The number of hydrogen-bond acceptors (Lipinski definition) is 7. The zero-order valence-corrected chi connectivity index (χ0v) is 19.5. The van der Waals surface area contributed by atoms with Crippen molar-refractivity contribution < 1.29 is 14.4 Å². The van der Waals surface area contributed by atoms with Crippen LogP contribution in [0.25, 0.3) is 10.9 Å². The molecular formula is C22H23ClN6O3S. The van der Waals surface area contributed by atoms with E-state index in [0.717, 1.165) is 10.9 Å². The SMILES string of the molecule is CCC[C@H]1C(=O)N(Cc2ccc3c(N)ncnc3c2)CCN1C(=O)C(=O)Nc1ccc(Cl)s1. The van der Waals surface area contributed by atoms with Gasteiger partial charge in [-0.2, -0.15) is 0 Å². The van der Waals surface area contributed by atoms with Gasteiger partial charge in [0.05, 0.1) is 14.9 Å². The number of aromatic nitrogens is 2. The Labute approximate surface area is 199 Å². The van der Waals surface area contributed by atoms with E-state index in [-0.39, 0.29) is 12.5 Å². The molecule has 33 heavy (non-hydrogen) atoms. The third-order valence-corrected chi connectivity index (χ3v) is 6.66. The van der Waals surface area contributed by atoms with Gasteiger partial charge in [0.2, 0.25) is 5.91 Å². The van der Waals surface area contributed by atoms with Gasteiger partial charge < -0.3 is 20.9 Å². The molecule has 1 fully saturated rings. The Morgan fingerprint density at radius 1 is 1.24 bits per heavy atom. The van der Waals surface area contributed by atoms with E-state index < -0.39 is 17.9 Å². The average molecular weight is 487 g/mol. The van der Waals surface area contributed by atoms with Gasteiger partial charge in [-0.3, -0.25) is 14.4 Å². The highest BCUT2D eigenvalue weighted by Gasteiger charge is 2.39. The van der Waals surface area contributed by atoms with E-state index in [1.807, 2.05) is 25.1 Å². The summed E-state index contributed by atoms with van der Waals surface area (Å²) in [5, 5.41) is 3.80. The van der Waals surface area contributed by atoms with Crippen molar-refractivity contribution in [1.82, 2.24) is 19.8 Å². The van der Waals surface area contributed by atoms with Crippen LogP contribution >= 0.6 is 22.9 Å². The Morgan fingerprint density at radius 2 is 2.06 bits per heavy atom. The average Bonchev–Trinajstić information content (AvgIpc) is 3.20. The van der Waals surface area contributed by atoms with Gasteiger partial charge in [-0.15, -0.1) is 11.3 Å². The lowest BCUT2D eigenvalue weighted by molar-refractivity contribution is -0.155. The standard InChI is InChI=1S/C22H23ClN6O3S/c1-2-3-16-21(31)28(11-13-4-5-14-15(10-13)25-12-26-19(14)24)8-9-29(16)22(32)20(30)27-18-7-6-17(23)33-18/h4-7,10,12,16H,2-3,8-9,11H2,1H3,(H,27,30)(H2,24,25,26)/t16-/m0/s1. The van der Waals surface area contributed by atoms with Crippen molar-refractivity contribution in [1.29, 1.82) is 0 Å². The number of carbonyl (C=O) groups excluding carboxylic acids is 3. The summed E-state index contributed by atoms with van der Waals surface area (Å²) < 4.78 is 0.508. The summed E-state index contributed by atoms with van der Waals surface area (Å²) in [4.78, 5) is 50.0. The van der Waals surface area contributed by atoms with E-state index in [1.54, 1.807) is 17.0 Å². The number of piperazine rings is 1. The minimum atomic E-state index is -0.775. The van der Waals surface area contributed by atoms with Crippen molar-refractivity contribution >= 4 is 62.4 Å².